The first-order chi connectivity index (χ1) is 8.58. The van der Waals surface area contributed by atoms with Crippen LogP contribution >= 0.6 is 0 Å². The molecule has 0 aliphatic carbocycles. The van der Waals surface area contributed by atoms with Gasteiger partial charge in [0.15, 0.2) is 5.82 Å². The fourth-order valence-corrected chi connectivity index (χ4v) is 1.64. The second-order valence-corrected chi connectivity index (χ2v) is 4.09. The maximum atomic E-state index is 12.2. The summed E-state index contributed by atoms with van der Waals surface area (Å²) in [6.45, 7) is 2.16. The number of nitrogens with two attached hydrogens (primary N) is 1. The number of hydrogen-bond donors (Lipinski definition) is 2. The van der Waals surface area contributed by atoms with Gasteiger partial charge in [0.1, 0.15) is 5.82 Å². The second-order valence-electron chi connectivity index (χ2n) is 4.09. The summed E-state index contributed by atoms with van der Waals surface area (Å²) in [5.41, 5.74) is 6.74. The summed E-state index contributed by atoms with van der Waals surface area (Å²) in [5, 5.41) is 6.73. The zero-order valence-corrected chi connectivity index (χ0v) is 10.3. The van der Waals surface area contributed by atoms with Crippen molar-refractivity contribution >= 4 is 11.6 Å². The molecule has 6 nitrogen and oxygen atoms in total. The van der Waals surface area contributed by atoms with Crippen molar-refractivity contribution in [2.75, 3.05) is 12.8 Å². The van der Waals surface area contributed by atoms with Crippen LogP contribution in [0.1, 0.15) is 22.0 Å². The fourth-order valence-electron chi connectivity index (χ4n) is 1.64. The number of para-hydroxylation sites is 1. The number of anilines is 1. The molecule has 0 saturated heterocycles. The monoisotopic (exact) mass is 245 g/mol. The van der Waals surface area contributed by atoms with Crippen LogP contribution in [-0.2, 0) is 6.54 Å². The number of amides is 1. The van der Waals surface area contributed by atoms with E-state index in [0.29, 0.717) is 23.6 Å². The highest BCUT2D eigenvalue weighted by Crippen LogP contribution is 2.13. The molecular weight excluding hydrogens is 230 g/mol. The molecule has 3 N–H and O–H groups in total. The molecule has 2 rings (SSSR count). The van der Waals surface area contributed by atoms with Gasteiger partial charge < -0.3 is 10.6 Å². The van der Waals surface area contributed by atoms with Crippen LogP contribution in [0.5, 0.6) is 0 Å². The highest BCUT2D eigenvalue weighted by Gasteiger charge is 2.15. The first-order valence-electron chi connectivity index (χ1n) is 5.56. The summed E-state index contributed by atoms with van der Waals surface area (Å²) in [6.07, 6.45) is 0. The largest absolute Gasteiger partial charge is 0.398 e. The Morgan fingerprint density at radius 1 is 1.44 bits per heavy atom. The maximum Gasteiger partial charge on any atom is 0.256 e. The Hall–Kier alpha value is -2.37. The molecule has 94 valence electrons. The van der Waals surface area contributed by atoms with E-state index in [1.807, 2.05) is 6.92 Å². The highest BCUT2D eigenvalue weighted by atomic mass is 16.2. The minimum absolute atomic E-state index is 0.143. The molecule has 18 heavy (non-hydrogen) atoms. The third-order valence-corrected chi connectivity index (χ3v) is 2.56. The van der Waals surface area contributed by atoms with E-state index in [1.165, 1.54) is 4.90 Å². The van der Waals surface area contributed by atoms with Gasteiger partial charge in [-0.05, 0) is 19.1 Å². The molecule has 1 amide bonds. The normalized spacial score (nSPS) is 10.3. The molecule has 1 aromatic heterocycles. The molecule has 0 radical (unpaired) electrons. The number of nitrogens with one attached hydrogen (secondary N) is 1. The molecular formula is C12H15N5O. The van der Waals surface area contributed by atoms with Gasteiger partial charge in [0.2, 0.25) is 0 Å². The zero-order chi connectivity index (χ0) is 13.1. The Morgan fingerprint density at radius 2 is 2.17 bits per heavy atom. The summed E-state index contributed by atoms with van der Waals surface area (Å²) in [5.74, 6) is 1.17. The van der Waals surface area contributed by atoms with E-state index < -0.39 is 0 Å². The van der Waals surface area contributed by atoms with Crippen molar-refractivity contribution in [2.45, 2.75) is 13.5 Å². The van der Waals surface area contributed by atoms with Gasteiger partial charge in [0.05, 0.1) is 12.1 Å². The molecule has 2 aromatic rings. The van der Waals surface area contributed by atoms with Crippen molar-refractivity contribution in [3.05, 3.63) is 41.5 Å². The minimum Gasteiger partial charge on any atom is -0.398 e. The van der Waals surface area contributed by atoms with E-state index in [1.54, 1.807) is 31.3 Å². The number of hydrogen-bond acceptors (Lipinski definition) is 4. The fraction of sp³-hybridized carbons (Fsp3) is 0.250. The number of benzene rings is 1. The van der Waals surface area contributed by atoms with Crippen LogP contribution in [0.15, 0.2) is 24.3 Å². The van der Waals surface area contributed by atoms with Crippen LogP contribution in [0, 0.1) is 6.92 Å². The van der Waals surface area contributed by atoms with E-state index in [4.69, 9.17) is 5.73 Å². The predicted octanol–water partition coefficient (Wildman–Crippen LogP) is 0.968. The van der Waals surface area contributed by atoms with Crippen LogP contribution in [0.3, 0.4) is 0 Å². The van der Waals surface area contributed by atoms with Gasteiger partial charge in [-0.1, -0.05) is 12.1 Å². The minimum atomic E-state index is -0.143. The van der Waals surface area contributed by atoms with Crippen LogP contribution < -0.4 is 5.73 Å². The van der Waals surface area contributed by atoms with Gasteiger partial charge in [-0.3, -0.25) is 9.89 Å². The Bertz CT molecular complexity index is 563. The van der Waals surface area contributed by atoms with Crippen molar-refractivity contribution in [1.29, 1.82) is 0 Å². The molecule has 0 saturated carbocycles. The number of nitrogens with zero attached hydrogens (tertiary/aromatic N) is 3. The van der Waals surface area contributed by atoms with E-state index in [-0.39, 0.29) is 5.91 Å². The molecule has 0 bridgehead atoms. The maximum absolute atomic E-state index is 12.2. The topological polar surface area (TPSA) is 87.9 Å². The lowest BCUT2D eigenvalue weighted by atomic mass is 10.1. The summed E-state index contributed by atoms with van der Waals surface area (Å²) in [4.78, 5) is 17.9. The van der Waals surface area contributed by atoms with E-state index >= 15 is 0 Å². The lowest BCUT2D eigenvalue weighted by molar-refractivity contribution is 0.0782. The van der Waals surface area contributed by atoms with Gasteiger partial charge in [-0.15, -0.1) is 0 Å². The van der Waals surface area contributed by atoms with Crippen molar-refractivity contribution in [3.63, 3.8) is 0 Å². The lowest BCUT2D eigenvalue weighted by Crippen LogP contribution is -2.27. The van der Waals surface area contributed by atoms with E-state index in [9.17, 15) is 4.79 Å². The third-order valence-electron chi connectivity index (χ3n) is 2.56. The standard InChI is InChI=1S/C12H15N5O/c1-8-14-11(16-15-8)7-17(2)12(18)9-5-3-4-6-10(9)13/h3-6H,7,13H2,1-2H3,(H,14,15,16). The smallest absolute Gasteiger partial charge is 0.256 e. The van der Waals surface area contributed by atoms with Gasteiger partial charge in [-0.25, -0.2) is 4.98 Å². The molecule has 6 heteroatoms. The van der Waals surface area contributed by atoms with Gasteiger partial charge in [0.25, 0.3) is 5.91 Å². The summed E-state index contributed by atoms with van der Waals surface area (Å²) >= 11 is 0. The number of carbonyl (C=O) groups excluding carboxylic acids is 1. The van der Waals surface area contributed by atoms with Crippen molar-refractivity contribution in [2.24, 2.45) is 0 Å². The number of aromatic nitrogens is 3. The van der Waals surface area contributed by atoms with Gasteiger partial charge in [-0.2, -0.15) is 5.10 Å². The van der Waals surface area contributed by atoms with Crippen LogP contribution in [-0.4, -0.2) is 33.0 Å². The van der Waals surface area contributed by atoms with Crippen LogP contribution in [0.2, 0.25) is 0 Å². The summed E-state index contributed by atoms with van der Waals surface area (Å²) in [7, 11) is 1.69. The third kappa shape index (κ3) is 2.48. The van der Waals surface area contributed by atoms with E-state index in [0.717, 1.165) is 5.82 Å². The summed E-state index contributed by atoms with van der Waals surface area (Å²) in [6, 6.07) is 6.99. The molecule has 0 atom stereocenters. The number of aryl methyl sites for hydroxylation is 1. The first kappa shape index (κ1) is 12.1. The Labute approximate surface area is 105 Å². The second kappa shape index (κ2) is 4.87. The molecule has 1 aromatic carbocycles. The van der Waals surface area contributed by atoms with Crippen LogP contribution in [0.25, 0.3) is 0 Å². The average Bonchev–Trinajstić information content (AvgIpc) is 2.74. The Balaban J connectivity index is 2.12. The average molecular weight is 245 g/mol. The number of rotatable bonds is 3. The molecule has 0 aliphatic rings. The Kier molecular flexibility index (Phi) is 3.27. The quantitative estimate of drug-likeness (QED) is 0.788. The van der Waals surface area contributed by atoms with Gasteiger partial charge >= 0.3 is 0 Å². The Morgan fingerprint density at radius 3 is 2.78 bits per heavy atom. The van der Waals surface area contributed by atoms with Gasteiger partial charge in [0, 0.05) is 12.7 Å². The molecule has 0 spiro atoms. The number of H-pyrrole nitrogens is 1. The summed E-state index contributed by atoms with van der Waals surface area (Å²) < 4.78 is 0. The van der Waals surface area contributed by atoms with Crippen molar-refractivity contribution in [3.8, 4) is 0 Å². The van der Waals surface area contributed by atoms with Crippen LogP contribution in [0.4, 0.5) is 5.69 Å². The predicted molar refractivity (Wildman–Crippen MR) is 67.8 cm³/mol. The SMILES string of the molecule is Cc1nc(CN(C)C(=O)c2ccccc2N)n[nH]1. The number of nitrogen functional groups attached to an aromatic ring is 1. The van der Waals surface area contributed by atoms with E-state index in [2.05, 4.69) is 15.2 Å². The molecule has 0 fully saturated rings. The van der Waals surface area contributed by atoms with Crippen molar-refractivity contribution < 1.29 is 4.79 Å². The molecule has 0 aliphatic heterocycles. The lowest BCUT2D eigenvalue weighted by Gasteiger charge is -2.16. The number of aromatic amines is 1. The number of carbonyl (C=O) groups is 1. The molecule has 0 unspecified atom stereocenters. The van der Waals surface area contributed by atoms with Crippen molar-refractivity contribution in [1.82, 2.24) is 20.1 Å². The molecule has 1 heterocycles. The zero-order valence-electron chi connectivity index (χ0n) is 10.3. The highest BCUT2D eigenvalue weighted by molar-refractivity contribution is 5.98. The first-order valence-corrected chi connectivity index (χ1v) is 5.56.